The molecule has 0 amide bonds. The van der Waals surface area contributed by atoms with Crippen molar-refractivity contribution in [1.82, 2.24) is 24.7 Å². The summed E-state index contributed by atoms with van der Waals surface area (Å²) in [6.45, 7) is 8.12. The van der Waals surface area contributed by atoms with Crippen LogP contribution in [-0.4, -0.2) is 24.7 Å². The molecule has 0 aliphatic carbocycles. The summed E-state index contributed by atoms with van der Waals surface area (Å²) in [7, 11) is 0. The summed E-state index contributed by atoms with van der Waals surface area (Å²) in [5, 5.41) is 11.3. The molecule has 0 saturated heterocycles. The normalized spacial score (nSPS) is 11.4. The first-order chi connectivity index (χ1) is 7.93. The van der Waals surface area contributed by atoms with Crippen molar-refractivity contribution in [2.24, 2.45) is 0 Å². The molecule has 2 aromatic rings. The van der Waals surface area contributed by atoms with Gasteiger partial charge in [0.05, 0.1) is 11.3 Å². The Kier molecular flexibility index (Phi) is 2.78. The van der Waals surface area contributed by atoms with Crippen LogP contribution in [0.2, 0.25) is 0 Å². The van der Waals surface area contributed by atoms with Gasteiger partial charge in [0.25, 0.3) is 0 Å². The summed E-state index contributed by atoms with van der Waals surface area (Å²) in [4.78, 5) is 0. The van der Waals surface area contributed by atoms with E-state index in [1.807, 2.05) is 18.5 Å². The number of rotatable bonds is 2. The van der Waals surface area contributed by atoms with Crippen molar-refractivity contribution in [3.05, 3.63) is 16.2 Å². The average molecular weight is 252 g/mol. The van der Waals surface area contributed by atoms with Crippen molar-refractivity contribution in [1.29, 1.82) is 0 Å². The molecule has 2 heterocycles. The second-order valence-electron chi connectivity index (χ2n) is 4.31. The quantitative estimate of drug-likeness (QED) is 0.630. The van der Waals surface area contributed by atoms with Crippen molar-refractivity contribution < 1.29 is 0 Å². The number of hydrogen-bond donors (Lipinski definition) is 2. The molecule has 6 nitrogen and oxygen atoms in total. The van der Waals surface area contributed by atoms with Gasteiger partial charge in [-0.05, 0) is 39.9 Å². The van der Waals surface area contributed by atoms with Gasteiger partial charge in [-0.3, -0.25) is 4.68 Å². The van der Waals surface area contributed by atoms with Crippen LogP contribution in [-0.2, 0) is 0 Å². The molecule has 0 saturated carbocycles. The fourth-order valence-corrected chi connectivity index (χ4v) is 2.10. The highest BCUT2D eigenvalue weighted by molar-refractivity contribution is 7.71. The zero-order valence-corrected chi connectivity index (χ0v) is 11.2. The Morgan fingerprint density at radius 2 is 2.00 bits per heavy atom. The first-order valence-electron chi connectivity index (χ1n) is 5.42. The lowest BCUT2D eigenvalue weighted by molar-refractivity contribution is 0.516. The van der Waals surface area contributed by atoms with Crippen LogP contribution in [0.25, 0.3) is 11.4 Å². The smallest absolute Gasteiger partial charge is 0.214 e. The van der Waals surface area contributed by atoms with Crippen LogP contribution in [0.4, 0.5) is 0 Å². The number of aromatic amines is 1. The number of aryl methyl sites for hydroxylation is 1. The Morgan fingerprint density at radius 1 is 1.35 bits per heavy atom. The van der Waals surface area contributed by atoms with E-state index in [9.17, 15) is 0 Å². The van der Waals surface area contributed by atoms with Gasteiger partial charge in [-0.1, -0.05) is 0 Å². The van der Waals surface area contributed by atoms with E-state index < -0.39 is 0 Å². The highest BCUT2D eigenvalue weighted by Crippen LogP contribution is 2.26. The molecular weight excluding hydrogens is 236 g/mol. The summed E-state index contributed by atoms with van der Waals surface area (Å²) in [5.41, 5.74) is 2.88. The summed E-state index contributed by atoms with van der Waals surface area (Å²) in [5.74, 6) is 6.46. The standard InChI is InChI=1S/C10H16N6S/c1-5(2)16-7(4)8(6(3)14-16)9-12-13-10(17)15(9)11/h5H,11H2,1-4H3,(H,13,17). The van der Waals surface area contributed by atoms with Crippen LogP contribution in [0.5, 0.6) is 0 Å². The molecule has 0 fully saturated rings. The minimum absolute atomic E-state index is 0.301. The van der Waals surface area contributed by atoms with Gasteiger partial charge in [0, 0.05) is 11.7 Å². The number of H-pyrrole nitrogens is 1. The molecular formula is C10H16N6S. The van der Waals surface area contributed by atoms with Gasteiger partial charge in [-0.15, -0.1) is 0 Å². The Balaban J connectivity index is 2.68. The van der Waals surface area contributed by atoms with E-state index in [1.165, 1.54) is 4.68 Å². The van der Waals surface area contributed by atoms with Gasteiger partial charge in [-0.2, -0.15) is 10.2 Å². The van der Waals surface area contributed by atoms with E-state index >= 15 is 0 Å². The zero-order chi connectivity index (χ0) is 12.7. The maximum Gasteiger partial charge on any atom is 0.214 e. The van der Waals surface area contributed by atoms with E-state index in [0.29, 0.717) is 16.6 Å². The highest BCUT2D eigenvalue weighted by Gasteiger charge is 2.19. The van der Waals surface area contributed by atoms with Crippen molar-refractivity contribution in [2.75, 3.05) is 5.84 Å². The molecule has 92 valence electrons. The molecule has 0 aliphatic heterocycles. The van der Waals surface area contributed by atoms with Crippen molar-refractivity contribution >= 4 is 12.2 Å². The number of nitrogen functional groups attached to an aromatic ring is 1. The minimum Gasteiger partial charge on any atom is -0.335 e. The van der Waals surface area contributed by atoms with Crippen LogP contribution in [0, 0.1) is 18.6 Å². The third-order valence-corrected chi connectivity index (χ3v) is 3.03. The Labute approximate surface area is 104 Å². The van der Waals surface area contributed by atoms with E-state index in [4.69, 9.17) is 18.1 Å². The minimum atomic E-state index is 0.301. The third kappa shape index (κ3) is 1.76. The van der Waals surface area contributed by atoms with Crippen molar-refractivity contribution in [2.45, 2.75) is 33.7 Å². The largest absolute Gasteiger partial charge is 0.335 e. The molecule has 3 N–H and O–H groups in total. The lowest BCUT2D eigenvalue weighted by Crippen LogP contribution is -2.11. The van der Waals surface area contributed by atoms with Gasteiger partial charge in [0.2, 0.25) is 4.77 Å². The second kappa shape index (κ2) is 3.99. The van der Waals surface area contributed by atoms with Crippen LogP contribution in [0.3, 0.4) is 0 Å². The maximum atomic E-state index is 5.84. The summed E-state index contributed by atoms with van der Waals surface area (Å²) in [6.07, 6.45) is 0. The predicted octanol–water partition coefficient (Wildman–Crippen LogP) is 1.72. The van der Waals surface area contributed by atoms with Crippen LogP contribution in [0.1, 0.15) is 31.3 Å². The summed E-state index contributed by atoms with van der Waals surface area (Å²) in [6, 6.07) is 0.301. The molecule has 2 aromatic heterocycles. The molecule has 0 aromatic carbocycles. The number of nitrogens with one attached hydrogen (secondary N) is 1. The number of aromatic nitrogens is 5. The predicted molar refractivity (Wildman–Crippen MR) is 68.6 cm³/mol. The molecule has 7 heteroatoms. The number of nitrogens with two attached hydrogens (primary N) is 1. The highest BCUT2D eigenvalue weighted by atomic mass is 32.1. The topological polar surface area (TPSA) is 77.5 Å². The average Bonchev–Trinajstić information content (AvgIpc) is 2.71. The lowest BCUT2D eigenvalue weighted by Gasteiger charge is -2.08. The summed E-state index contributed by atoms with van der Waals surface area (Å²) < 4.78 is 3.73. The zero-order valence-electron chi connectivity index (χ0n) is 10.4. The molecule has 0 radical (unpaired) electrons. The van der Waals surface area contributed by atoms with E-state index in [0.717, 1.165) is 17.0 Å². The van der Waals surface area contributed by atoms with Gasteiger partial charge in [0.1, 0.15) is 0 Å². The van der Waals surface area contributed by atoms with E-state index in [-0.39, 0.29) is 0 Å². The van der Waals surface area contributed by atoms with Crippen LogP contribution >= 0.6 is 12.2 Å². The number of nitrogens with zero attached hydrogens (tertiary/aromatic N) is 4. The fraction of sp³-hybridized carbons (Fsp3) is 0.500. The van der Waals surface area contributed by atoms with Crippen molar-refractivity contribution in [3.8, 4) is 11.4 Å². The first kappa shape index (κ1) is 11.8. The maximum absolute atomic E-state index is 5.84. The molecule has 0 aliphatic rings. The van der Waals surface area contributed by atoms with Crippen LogP contribution < -0.4 is 5.84 Å². The van der Waals surface area contributed by atoms with Gasteiger partial charge in [-0.25, -0.2) is 9.77 Å². The van der Waals surface area contributed by atoms with E-state index in [1.54, 1.807) is 0 Å². The molecule has 2 rings (SSSR count). The Bertz CT molecular complexity index is 603. The Morgan fingerprint density at radius 3 is 2.41 bits per heavy atom. The molecule has 0 unspecified atom stereocenters. The van der Waals surface area contributed by atoms with Gasteiger partial charge < -0.3 is 5.84 Å². The monoisotopic (exact) mass is 252 g/mol. The molecule has 0 spiro atoms. The summed E-state index contributed by atoms with van der Waals surface area (Å²) >= 11 is 5.01. The van der Waals surface area contributed by atoms with Gasteiger partial charge in [0.15, 0.2) is 5.82 Å². The molecule has 0 bridgehead atoms. The van der Waals surface area contributed by atoms with Crippen molar-refractivity contribution in [3.63, 3.8) is 0 Å². The molecule has 0 atom stereocenters. The molecule has 17 heavy (non-hydrogen) atoms. The third-order valence-electron chi connectivity index (χ3n) is 2.74. The lowest BCUT2D eigenvalue weighted by atomic mass is 10.2. The second-order valence-corrected chi connectivity index (χ2v) is 4.69. The fourth-order valence-electron chi connectivity index (χ4n) is 1.97. The SMILES string of the molecule is Cc1nn(C(C)C)c(C)c1-c1n[nH]c(=S)n1N. The number of hydrogen-bond acceptors (Lipinski definition) is 4. The van der Waals surface area contributed by atoms with E-state index in [2.05, 4.69) is 29.1 Å². The first-order valence-corrected chi connectivity index (χ1v) is 5.83. The van der Waals surface area contributed by atoms with Gasteiger partial charge >= 0.3 is 0 Å². The Hall–Kier alpha value is -1.63. The van der Waals surface area contributed by atoms with Crippen LogP contribution in [0.15, 0.2) is 0 Å².